The van der Waals surface area contributed by atoms with E-state index in [1.165, 1.54) is 19.3 Å². The predicted octanol–water partition coefficient (Wildman–Crippen LogP) is 2.18. The van der Waals surface area contributed by atoms with Crippen LogP contribution in [0.15, 0.2) is 0 Å². The lowest BCUT2D eigenvalue weighted by Crippen LogP contribution is -2.45. The molecule has 0 bridgehead atoms. The average Bonchev–Trinajstić information content (AvgIpc) is 2.26. The van der Waals surface area contributed by atoms with Gasteiger partial charge in [0.25, 0.3) is 0 Å². The number of nitrogens with zero attached hydrogens (tertiary/aromatic N) is 1. The highest BCUT2D eigenvalue weighted by molar-refractivity contribution is 7.91. The zero-order chi connectivity index (χ0) is 13.1. The Kier molecular flexibility index (Phi) is 5.45. The predicted molar refractivity (Wildman–Crippen MR) is 72.9 cm³/mol. The van der Waals surface area contributed by atoms with E-state index in [4.69, 9.17) is 0 Å². The minimum atomic E-state index is -2.83. The van der Waals surface area contributed by atoms with Crippen LogP contribution in [0, 0.1) is 11.8 Å². The molecule has 0 aromatic rings. The second-order valence-corrected chi connectivity index (χ2v) is 8.07. The second kappa shape index (κ2) is 6.19. The van der Waals surface area contributed by atoms with E-state index in [-0.39, 0.29) is 5.75 Å². The Morgan fingerprint density at radius 2 is 1.71 bits per heavy atom. The van der Waals surface area contributed by atoms with Crippen LogP contribution >= 0.6 is 0 Å². The maximum atomic E-state index is 11.5. The molecule has 1 saturated carbocycles. The molecule has 1 rings (SSSR count). The Labute approximate surface area is 106 Å². The van der Waals surface area contributed by atoms with Crippen molar-refractivity contribution < 1.29 is 8.42 Å². The number of hydrogen-bond acceptors (Lipinski definition) is 3. The van der Waals surface area contributed by atoms with Crippen molar-refractivity contribution >= 4 is 9.84 Å². The lowest BCUT2D eigenvalue weighted by atomic mass is 9.78. The molecule has 1 unspecified atom stereocenters. The number of sulfone groups is 1. The summed E-state index contributed by atoms with van der Waals surface area (Å²) in [4.78, 5) is 2.27. The van der Waals surface area contributed by atoms with Gasteiger partial charge < -0.3 is 4.90 Å². The molecular formula is C13H27NO2S. The quantitative estimate of drug-likeness (QED) is 0.761. The van der Waals surface area contributed by atoms with Crippen LogP contribution in [0.1, 0.15) is 40.0 Å². The van der Waals surface area contributed by atoms with Crippen molar-refractivity contribution in [3.63, 3.8) is 0 Å². The fraction of sp³-hybridized carbons (Fsp3) is 1.00. The highest BCUT2D eigenvalue weighted by atomic mass is 32.2. The van der Waals surface area contributed by atoms with Crippen LogP contribution < -0.4 is 0 Å². The minimum Gasteiger partial charge on any atom is -0.302 e. The van der Waals surface area contributed by atoms with Gasteiger partial charge in [-0.05, 0) is 31.7 Å². The molecule has 0 heterocycles. The maximum absolute atomic E-state index is 11.5. The lowest BCUT2D eigenvalue weighted by Gasteiger charge is -2.40. The fourth-order valence-electron chi connectivity index (χ4n) is 3.11. The standard InChI is InChI=1S/C13H27NO2S/c1-5-17(15,16)10-9-14(4)13-11(2)7-6-8-12(13)3/h11-13H,5-10H2,1-4H3/t11-,12+,13?. The molecular weight excluding hydrogens is 234 g/mol. The van der Waals surface area contributed by atoms with E-state index in [1.54, 1.807) is 6.92 Å². The topological polar surface area (TPSA) is 37.4 Å². The summed E-state index contributed by atoms with van der Waals surface area (Å²) in [5, 5.41) is 0. The van der Waals surface area contributed by atoms with Gasteiger partial charge in [-0.15, -0.1) is 0 Å². The first-order valence-electron chi connectivity index (χ1n) is 6.78. The van der Waals surface area contributed by atoms with Gasteiger partial charge in [0.05, 0.1) is 5.75 Å². The fourth-order valence-corrected chi connectivity index (χ4v) is 3.96. The molecule has 0 aromatic heterocycles. The third-order valence-corrected chi connectivity index (χ3v) is 5.87. The van der Waals surface area contributed by atoms with Crippen molar-refractivity contribution in [3.05, 3.63) is 0 Å². The van der Waals surface area contributed by atoms with Gasteiger partial charge in [-0.25, -0.2) is 8.42 Å². The SMILES string of the molecule is CCS(=O)(=O)CCN(C)C1[C@H](C)CCC[C@@H]1C. The summed E-state index contributed by atoms with van der Waals surface area (Å²) < 4.78 is 23.0. The van der Waals surface area contributed by atoms with Gasteiger partial charge in [-0.1, -0.05) is 27.2 Å². The van der Waals surface area contributed by atoms with Gasteiger partial charge in [0.1, 0.15) is 0 Å². The van der Waals surface area contributed by atoms with E-state index in [2.05, 4.69) is 25.8 Å². The summed E-state index contributed by atoms with van der Waals surface area (Å²) in [5.74, 6) is 1.94. The first-order chi connectivity index (χ1) is 7.87. The zero-order valence-corrected chi connectivity index (χ0v) is 12.5. The smallest absolute Gasteiger partial charge is 0.151 e. The second-order valence-electron chi connectivity index (χ2n) is 5.59. The Morgan fingerprint density at radius 3 is 2.18 bits per heavy atom. The number of rotatable bonds is 5. The largest absolute Gasteiger partial charge is 0.302 e. The summed E-state index contributed by atoms with van der Waals surface area (Å²) >= 11 is 0. The van der Waals surface area contributed by atoms with Crippen LogP contribution in [0.5, 0.6) is 0 Å². The van der Waals surface area contributed by atoms with Crippen LogP contribution in [-0.4, -0.2) is 44.5 Å². The Hall–Kier alpha value is -0.0900. The first kappa shape index (κ1) is 15.0. The van der Waals surface area contributed by atoms with Gasteiger partial charge in [-0.2, -0.15) is 0 Å². The highest BCUT2D eigenvalue weighted by Gasteiger charge is 2.30. The number of hydrogen-bond donors (Lipinski definition) is 0. The van der Waals surface area contributed by atoms with Crippen LogP contribution in [0.25, 0.3) is 0 Å². The summed E-state index contributed by atoms with van der Waals surface area (Å²) in [7, 11) is -0.752. The molecule has 3 nitrogen and oxygen atoms in total. The summed E-state index contributed by atoms with van der Waals surface area (Å²) in [6.45, 7) is 6.99. The van der Waals surface area contributed by atoms with E-state index < -0.39 is 9.84 Å². The van der Waals surface area contributed by atoms with Crippen molar-refractivity contribution in [2.24, 2.45) is 11.8 Å². The third-order valence-electron chi connectivity index (χ3n) is 4.19. The molecule has 17 heavy (non-hydrogen) atoms. The van der Waals surface area contributed by atoms with Crippen LogP contribution in [0.4, 0.5) is 0 Å². The minimum absolute atomic E-state index is 0.261. The molecule has 0 spiro atoms. The monoisotopic (exact) mass is 261 g/mol. The molecule has 4 heteroatoms. The highest BCUT2D eigenvalue weighted by Crippen LogP contribution is 2.31. The first-order valence-corrected chi connectivity index (χ1v) is 8.60. The van der Waals surface area contributed by atoms with E-state index in [1.807, 2.05) is 0 Å². The van der Waals surface area contributed by atoms with Crippen molar-refractivity contribution in [2.75, 3.05) is 25.1 Å². The molecule has 0 amide bonds. The third kappa shape index (κ3) is 4.25. The Bertz CT molecular complexity index is 316. The Morgan fingerprint density at radius 1 is 1.18 bits per heavy atom. The maximum Gasteiger partial charge on any atom is 0.151 e. The van der Waals surface area contributed by atoms with Crippen LogP contribution in [0.2, 0.25) is 0 Å². The van der Waals surface area contributed by atoms with Crippen molar-refractivity contribution in [1.82, 2.24) is 4.90 Å². The van der Waals surface area contributed by atoms with Crippen LogP contribution in [-0.2, 0) is 9.84 Å². The van der Waals surface area contributed by atoms with Gasteiger partial charge >= 0.3 is 0 Å². The van der Waals surface area contributed by atoms with E-state index >= 15 is 0 Å². The summed E-state index contributed by atoms with van der Waals surface area (Å²) in [5.41, 5.74) is 0. The van der Waals surface area contributed by atoms with Crippen molar-refractivity contribution in [2.45, 2.75) is 46.1 Å². The zero-order valence-electron chi connectivity index (χ0n) is 11.6. The van der Waals surface area contributed by atoms with Crippen molar-refractivity contribution in [3.8, 4) is 0 Å². The molecule has 102 valence electrons. The van der Waals surface area contributed by atoms with Gasteiger partial charge in [0.15, 0.2) is 9.84 Å². The van der Waals surface area contributed by atoms with Crippen LogP contribution in [0.3, 0.4) is 0 Å². The normalized spacial score (nSPS) is 30.8. The molecule has 0 N–H and O–H groups in total. The average molecular weight is 261 g/mol. The molecule has 1 aliphatic rings. The molecule has 0 saturated heterocycles. The molecule has 0 aliphatic heterocycles. The molecule has 1 aliphatic carbocycles. The summed E-state index contributed by atoms with van der Waals surface area (Å²) in [6.07, 6.45) is 3.87. The molecule has 0 radical (unpaired) electrons. The lowest BCUT2D eigenvalue weighted by molar-refractivity contribution is 0.0967. The Balaban J connectivity index is 2.53. The summed E-state index contributed by atoms with van der Waals surface area (Å²) in [6, 6.07) is 0.552. The molecule has 0 aromatic carbocycles. The molecule has 3 atom stereocenters. The molecule has 1 fully saturated rings. The van der Waals surface area contributed by atoms with E-state index in [0.717, 1.165) is 0 Å². The van der Waals surface area contributed by atoms with Gasteiger partial charge in [0, 0.05) is 18.3 Å². The van der Waals surface area contributed by atoms with Crippen molar-refractivity contribution in [1.29, 1.82) is 0 Å². The van der Waals surface area contributed by atoms with Gasteiger partial charge in [-0.3, -0.25) is 0 Å². The van der Waals surface area contributed by atoms with E-state index in [0.29, 0.717) is 30.2 Å². The van der Waals surface area contributed by atoms with Gasteiger partial charge in [0.2, 0.25) is 0 Å². The van der Waals surface area contributed by atoms with E-state index in [9.17, 15) is 8.42 Å².